The number of aliphatic hydroxyl groups excluding tert-OH is 1. The van der Waals surface area contributed by atoms with Crippen molar-refractivity contribution in [3.63, 3.8) is 0 Å². The fourth-order valence-electron chi connectivity index (χ4n) is 3.05. The van der Waals surface area contributed by atoms with Crippen molar-refractivity contribution in [3.05, 3.63) is 47.0 Å². The fourth-order valence-corrected chi connectivity index (χ4v) is 3.05. The van der Waals surface area contributed by atoms with Crippen LogP contribution in [0.25, 0.3) is 0 Å². The van der Waals surface area contributed by atoms with Crippen LogP contribution in [0.3, 0.4) is 0 Å². The lowest BCUT2D eigenvalue weighted by Crippen LogP contribution is -2.39. The highest BCUT2D eigenvalue weighted by Crippen LogP contribution is 2.48. The molecular weight excluding hydrogens is 288 g/mol. The molecule has 0 aliphatic carbocycles. The second-order valence-corrected chi connectivity index (χ2v) is 5.52. The largest absolute Gasteiger partial charge is 0.508 e. The maximum absolute atomic E-state index is 10.5. The lowest BCUT2D eigenvalue weighted by Gasteiger charge is -2.40. The Morgan fingerprint density at radius 3 is 2.55 bits per heavy atom. The number of phenols is 3. The number of hydrogen-bond donors (Lipinski definition) is 4. The van der Waals surface area contributed by atoms with E-state index in [4.69, 9.17) is 9.47 Å². The number of hydrogen-bond acceptors (Lipinski definition) is 6. The first kappa shape index (κ1) is 13.2. The van der Waals surface area contributed by atoms with E-state index >= 15 is 0 Å². The third kappa shape index (κ3) is 1.81. The maximum Gasteiger partial charge on any atom is 0.157 e. The van der Waals surface area contributed by atoms with Crippen LogP contribution in [0.4, 0.5) is 0 Å². The van der Waals surface area contributed by atoms with Crippen LogP contribution in [-0.4, -0.2) is 26.5 Å². The van der Waals surface area contributed by atoms with E-state index in [9.17, 15) is 20.4 Å². The van der Waals surface area contributed by atoms with Gasteiger partial charge in [-0.1, -0.05) is 0 Å². The van der Waals surface area contributed by atoms with Gasteiger partial charge in [-0.25, -0.2) is 0 Å². The minimum atomic E-state index is -0.904. The van der Waals surface area contributed by atoms with E-state index in [1.54, 1.807) is 6.07 Å². The summed E-state index contributed by atoms with van der Waals surface area (Å²) in [5.74, 6) is -0.0675. The Morgan fingerprint density at radius 1 is 0.955 bits per heavy atom. The number of ether oxygens (including phenoxy) is 2. The van der Waals surface area contributed by atoms with Crippen LogP contribution in [-0.2, 0) is 11.3 Å². The van der Waals surface area contributed by atoms with Gasteiger partial charge in [0.25, 0.3) is 0 Å². The fraction of sp³-hybridized carbons (Fsp3) is 0.250. The molecule has 0 amide bonds. The van der Waals surface area contributed by atoms with Gasteiger partial charge in [-0.3, -0.25) is 0 Å². The Labute approximate surface area is 125 Å². The summed E-state index contributed by atoms with van der Waals surface area (Å²) < 4.78 is 11.5. The van der Waals surface area contributed by atoms with E-state index in [-0.39, 0.29) is 23.9 Å². The molecule has 114 valence electrons. The van der Waals surface area contributed by atoms with Crippen LogP contribution in [0.15, 0.2) is 30.3 Å². The van der Waals surface area contributed by atoms with E-state index in [1.807, 2.05) is 0 Å². The zero-order valence-corrected chi connectivity index (χ0v) is 11.4. The summed E-state index contributed by atoms with van der Waals surface area (Å²) in [5, 5.41) is 39.4. The number of fused-ring (bicyclic) bond motifs is 4. The van der Waals surface area contributed by atoms with Gasteiger partial charge in [-0.05, 0) is 29.8 Å². The molecule has 0 unspecified atom stereocenters. The van der Waals surface area contributed by atoms with Gasteiger partial charge in [0, 0.05) is 17.2 Å². The summed E-state index contributed by atoms with van der Waals surface area (Å²) in [6.07, 6.45) is -2.15. The Balaban J connectivity index is 1.83. The molecule has 2 aliphatic heterocycles. The molecule has 0 aromatic heterocycles. The second kappa shape index (κ2) is 4.53. The van der Waals surface area contributed by atoms with Crippen molar-refractivity contribution in [3.8, 4) is 23.0 Å². The topological polar surface area (TPSA) is 99.4 Å². The van der Waals surface area contributed by atoms with Crippen LogP contribution in [0, 0.1) is 0 Å². The van der Waals surface area contributed by atoms with Crippen LogP contribution in [0.2, 0.25) is 0 Å². The molecule has 0 fully saturated rings. The lowest BCUT2D eigenvalue weighted by atomic mass is 9.87. The number of rotatable bonds is 0. The van der Waals surface area contributed by atoms with Crippen molar-refractivity contribution in [2.75, 3.05) is 0 Å². The molecule has 0 saturated heterocycles. The predicted molar refractivity (Wildman–Crippen MR) is 74.8 cm³/mol. The number of benzene rings is 2. The second-order valence-electron chi connectivity index (χ2n) is 5.52. The monoisotopic (exact) mass is 302 g/mol. The lowest BCUT2D eigenvalue weighted by molar-refractivity contribution is -0.127. The Hall–Kier alpha value is -2.44. The molecule has 4 rings (SSSR count). The molecule has 2 heterocycles. The van der Waals surface area contributed by atoms with Crippen molar-refractivity contribution in [1.29, 1.82) is 0 Å². The van der Waals surface area contributed by atoms with E-state index in [1.165, 1.54) is 24.3 Å². The average molecular weight is 302 g/mol. The number of aromatic hydroxyl groups is 3. The van der Waals surface area contributed by atoms with Crippen LogP contribution in [0.1, 0.15) is 28.9 Å². The summed E-state index contributed by atoms with van der Waals surface area (Å²) in [4.78, 5) is 0. The van der Waals surface area contributed by atoms with E-state index in [0.29, 0.717) is 22.4 Å². The van der Waals surface area contributed by atoms with Crippen LogP contribution in [0.5, 0.6) is 23.0 Å². The molecule has 2 aliphatic rings. The molecule has 22 heavy (non-hydrogen) atoms. The van der Waals surface area contributed by atoms with Crippen LogP contribution >= 0.6 is 0 Å². The summed E-state index contributed by atoms with van der Waals surface area (Å²) in [7, 11) is 0. The van der Waals surface area contributed by atoms with E-state index < -0.39 is 18.3 Å². The molecule has 0 saturated carbocycles. The molecule has 2 aromatic carbocycles. The van der Waals surface area contributed by atoms with Gasteiger partial charge < -0.3 is 29.9 Å². The molecule has 0 radical (unpaired) electrons. The summed E-state index contributed by atoms with van der Waals surface area (Å²) in [5.41, 5.74) is 1.89. The third-order valence-electron chi connectivity index (χ3n) is 4.15. The molecular formula is C16H14O6. The molecule has 0 bridgehead atoms. The van der Waals surface area contributed by atoms with Gasteiger partial charge in [-0.15, -0.1) is 0 Å². The first-order valence-electron chi connectivity index (χ1n) is 6.88. The normalized spacial score (nSPS) is 25.6. The predicted octanol–water partition coefficient (Wildman–Crippen LogP) is 1.87. The minimum absolute atomic E-state index is 0.0369. The van der Waals surface area contributed by atoms with Gasteiger partial charge in [0.05, 0.1) is 6.61 Å². The van der Waals surface area contributed by atoms with Crippen LogP contribution < -0.4 is 4.74 Å². The van der Waals surface area contributed by atoms with Gasteiger partial charge in [0.15, 0.2) is 17.6 Å². The average Bonchev–Trinajstić information content (AvgIpc) is 2.48. The third-order valence-corrected chi connectivity index (χ3v) is 4.15. The highest BCUT2D eigenvalue weighted by Gasteiger charge is 2.43. The highest BCUT2D eigenvalue weighted by molar-refractivity contribution is 5.50. The number of aliphatic hydroxyl groups is 1. The number of phenolic OH excluding ortho intramolecular Hbond substituents is 3. The molecule has 4 N–H and O–H groups in total. The Kier molecular flexibility index (Phi) is 2.72. The Bertz CT molecular complexity index is 757. The van der Waals surface area contributed by atoms with Crippen molar-refractivity contribution in [2.45, 2.75) is 24.9 Å². The van der Waals surface area contributed by atoms with Gasteiger partial charge in [0.2, 0.25) is 0 Å². The van der Waals surface area contributed by atoms with E-state index in [0.717, 1.165) is 0 Å². The zero-order chi connectivity index (χ0) is 15.4. The SMILES string of the molecule is Oc1ccc2c(c1)O[C@@H]1c3cc(O)c(O)cc3CO[C@@H]1[C@H]2O. The summed E-state index contributed by atoms with van der Waals surface area (Å²) >= 11 is 0. The van der Waals surface area contributed by atoms with Crippen molar-refractivity contribution in [2.24, 2.45) is 0 Å². The molecule has 6 nitrogen and oxygen atoms in total. The molecule has 3 atom stereocenters. The first-order valence-corrected chi connectivity index (χ1v) is 6.88. The minimum Gasteiger partial charge on any atom is -0.508 e. The molecule has 2 aromatic rings. The van der Waals surface area contributed by atoms with Gasteiger partial charge in [-0.2, -0.15) is 0 Å². The van der Waals surface area contributed by atoms with Crippen molar-refractivity contribution in [1.82, 2.24) is 0 Å². The van der Waals surface area contributed by atoms with Gasteiger partial charge in [0.1, 0.15) is 23.7 Å². The molecule has 0 spiro atoms. The van der Waals surface area contributed by atoms with Crippen molar-refractivity contribution >= 4 is 0 Å². The summed E-state index contributed by atoms with van der Waals surface area (Å²) in [6.45, 7) is 0.207. The maximum atomic E-state index is 10.5. The quantitative estimate of drug-likeness (QED) is 0.554. The summed E-state index contributed by atoms with van der Waals surface area (Å²) in [6, 6.07) is 7.36. The Morgan fingerprint density at radius 2 is 1.73 bits per heavy atom. The first-order chi connectivity index (χ1) is 10.5. The standard InChI is InChI=1S/C16H14O6/c17-8-1-2-9-13(4-8)22-15-10-5-12(19)11(18)3-7(10)6-21-16(15)14(9)20/h1-5,14-20H,6H2/t14-,15+,16+/m0/s1. The highest BCUT2D eigenvalue weighted by atomic mass is 16.6. The van der Waals surface area contributed by atoms with Crippen molar-refractivity contribution < 1.29 is 29.9 Å². The van der Waals surface area contributed by atoms with E-state index in [2.05, 4.69) is 0 Å². The smallest absolute Gasteiger partial charge is 0.157 e. The van der Waals surface area contributed by atoms with Gasteiger partial charge >= 0.3 is 0 Å². The molecule has 6 heteroatoms. The zero-order valence-electron chi connectivity index (χ0n) is 11.4.